The van der Waals surface area contributed by atoms with Crippen molar-refractivity contribution in [2.75, 3.05) is 5.32 Å². The summed E-state index contributed by atoms with van der Waals surface area (Å²) in [7, 11) is 0. The lowest BCUT2D eigenvalue weighted by Gasteiger charge is -2.13. The van der Waals surface area contributed by atoms with Gasteiger partial charge < -0.3 is 5.32 Å². The fourth-order valence-corrected chi connectivity index (χ4v) is 3.92. The predicted octanol–water partition coefficient (Wildman–Crippen LogP) is 4.47. The second kappa shape index (κ2) is 6.58. The number of halogens is 1. The molecule has 1 fully saturated rings. The first-order valence-corrected chi connectivity index (χ1v) is 8.61. The van der Waals surface area contributed by atoms with Crippen molar-refractivity contribution in [1.29, 1.82) is 0 Å². The van der Waals surface area contributed by atoms with E-state index in [1.54, 1.807) is 23.6 Å². The van der Waals surface area contributed by atoms with Crippen LogP contribution < -0.4 is 5.32 Å². The molecule has 1 N–H and O–H groups in total. The molecule has 0 aliphatic heterocycles. The maximum absolute atomic E-state index is 12.0. The molecule has 2 aromatic heterocycles. The first-order valence-electron chi connectivity index (χ1n) is 7.00. The second-order valence-corrected chi connectivity index (χ2v) is 7.56. The van der Waals surface area contributed by atoms with Gasteiger partial charge in [0.1, 0.15) is 5.82 Å². The Kier molecular flexibility index (Phi) is 4.55. The van der Waals surface area contributed by atoms with Crippen LogP contribution in [0, 0.1) is 0 Å². The highest BCUT2D eigenvalue weighted by atomic mass is 79.9. The second-order valence-electron chi connectivity index (χ2n) is 5.06. The van der Waals surface area contributed by atoms with Crippen molar-refractivity contribution >= 4 is 45.1 Å². The Labute approximate surface area is 136 Å². The maximum atomic E-state index is 12.0. The summed E-state index contributed by atoms with van der Waals surface area (Å²) in [6.45, 7) is 0. The third kappa shape index (κ3) is 3.63. The van der Waals surface area contributed by atoms with E-state index in [0.29, 0.717) is 6.04 Å². The van der Waals surface area contributed by atoms with Gasteiger partial charge in [-0.2, -0.15) is 5.10 Å². The van der Waals surface area contributed by atoms with Gasteiger partial charge in [0, 0.05) is 17.0 Å². The van der Waals surface area contributed by atoms with Gasteiger partial charge in [0.2, 0.25) is 5.91 Å². The SMILES string of the molecule is O=C(/C=C/c1ccc(Br)s1)Nc1ccnn1C1CCCC1. The summed E-state index contributed by atoms with van der Waals surface area (Å²) >= 11 is 5.00. The summed E-state index contributed by atoms with van der Waals surface area (Å²) in [5, 5.41) is 7.26. The molecule has 110 valence electrons. The normalized spacial score (nSPS) is 15.9. The average molecular weight is 366 g/mol. The molecule has 1 amide bonds. The molecule has 1 saturated carbocycles. The Morgan fingerprint density at radius 2 is 2.19 bits per heavy atom. The van der Waals surface area contributed by atoms with E-state index < -0.39 is 0 Å². The molecule has 1 aliphatic rings. The maximum Gasteiger partial charge on any atom is 0.249 e. The molecule has 0 bridgehead atoms. The van der Waals surface area contributed by atoms with Crippen LogP contribution in [-0.4, -0.2) is 15.7 Å². The predicted molar refractivity (Wildman–Crippen MR) is 89.4 cm³/mol. The van der Waals surface area contributed by atoms with Crippen LogP contribution in [0.4, 0.5) is 5.82 Å². The third-order valence-electron chi connectivity index (χ3n) is 3.59. The Morgan fingerprint density at radius 3 is 2.90 bits per heavy atom. The minimum atomic E-state index is -0.126. The summed E-state index contributed by atoms with van der Waals surface area (Å²) in [6, 6.07) is 6.22. The van der Waals surface area contributed by atoms with Crippen LogP contribution in [0.1, 0.15) is 36.6 Å². The van der Waals surface area contributed by atoms with E-state index in [1.165, 1.54) is 12.8 Å². The minimum Gasteiger partial charge on any atom is -0.307 e. The quantitative estimate of drug-likeness (QED) is 0.812. The van der Waals surface area contributed by atoms with Gasteiger partial charge in [0.15, 0.2) is 0 Å². The van der Waals surface area contributed by atoms with Gasteiger partial charge in [-0.05, 0) is 47.0 Å². The fourth-order valence-electron chi connectivity index (χ4n) is 2.60. The standard InChI is InChI=1S/C15H16BrN3OS/c16-13-7-5-12(21-13)6-8-15(20)18-14-9-10-17-19(14)11-3-1-2-4-11/h5-11H,1-4H2,(H,18,20)/b8-6+. The van der Waals surface area contributed by atoms with Crippen molar-refractivity contribution in [3.63, 3.8) is 0 Å². The van der Waals surface area contributed by atoms with Gasteiger partial charge in [0.05, 0.1) is 16.0 Å². The first-order chi connectivity index (χ1) is 10.2. The van der Waals surface area contributed by atoms with Crippen LogP contribution in [-0.2, 0) is 4.79 Å². The number of hydrogen-bond acceptors (Lipinski definition) is 3. The number of nitrogens with one attached hydrogen (secondary N) is 1. The molecular weight excluding hydrogens is 350 g/mol. The van der Waals surface area contributed by atoms with Crippen LogP contribution in [0.2, 0.25) is 0 Å². The highest BCUT2D eigenvalue weighted by Gasteiger charge is 2.20. The number of carbonyl (C=O) groups is 1. The van der Waals surface area contributed by atoms with Gasteiger partial charge in [-0.25, -0.2) is 4.68 Å². The summed E-state index contributed by atoms with van der Waals surface area (Å²) < 4.78 is 3.00. The largest absolute Gasteiger partial charge is 0.307 e. The smallest absolute Gasteiger partial charge is 0.249 e. The van der Waals surface area contributed by atoms with Gasteiger partial charge in [-0.15, -0.1) is 11.3 Å². The molecule has 21 heavy (non-hydrogen) atoms. The molecular formula is C15H16BrN3OS. The number of thiophene rings is 1. The highest BCUT2D eigenvalue weighted by molar-refractivity contribution is 9.11. The molecule has 2 heterocycles. The van der Waals surface area contributed by atoms with E-state index in [9.17, 15) is 4.79 Å². The van der Waals surface area contributed by atoms with Gasteiger partial charge in [0.25, 0.3) is 0 Å². The van der Waals surface area contributed by atoms with Crippen molar-refractivity contribution < 1.29 is 4.79 Å². The molecule has 0 spiro atoms. The van der Waals surface area contributed by atoms with Gasteiger partial charge >= 0.3 is 0 Å². The zero-order chi connectivity index (χ0) is 14.7. The van der Waals surface area contributed by atoms with Crippen LogP contribution in [0.3, 0.4) is 0 Å². The monoisotopic (exact) mass is 365 g/mol. The molecule has 0 unspecified atom stereocenters. The molecule has 0 atom stereocenters. The van der Waals surface area contributed by atoms with Crippen LogP contribution in [0.5, 0.6) is 0 Å². The fraction of sp³-hybridized carbons (Fsp3) is 0.333. The zero-order valence-corrected chi connectivity index (χ0v) is 13.9. The van der Waals surface area contributed by atoms with Crippen molar-refractivity contribution in [2.24, 2.45) is 0 Å². The summed E-state index contributed by atoms with van der Waals surface area (Å²) in [5.41, 5.74) is 0. The van der Waals surface area contributed by atoms with Crippen molar-refractivity contribution in [3.05, 3.63) is 39.1 Å². The average Bonchev–Trinajstić information content (AvgIpc) is 3.16. The number of aromatic nitrogens is 2. The summed E-state index contributed by atoms with van der Waals surface area (Å²) in [5.74, 6) is 0.656. The van der Waals surface area contributed by atoms with E-state index in [0.717, 1.165) is 27.3 Å². The van der Waals surface area contributed by atoms with E-state index in [-0.39, 0.29) is 5.91 Å². The Balaban J connectivity index is 1.65. The Morgan fingerprint density at radius 1 is 1.38 bits per heavy atom. The molecule has 0 radical (unpaired) electrons. The van der Waals surface area contributed by atoms with Crippen molar-refractivity contribution in [1.82, 2.24) is 9.78 Å². The van der Waals surface area contributed by atoms with E-state index in [2.05, 4.69) is 26.3 Å². The van der Waals surface area contributed by atoms with Gasteiger partial charge in [-0.1, -0.05) is 12.8 Å². The Hall–Kier alpha value is -1.40. The van der Waals surface area contributed by atoms with Crippen molar-refractivity contribution in [3.8, 4) is 0 Å². The number of amides is 1. The summed E-state index contributed by atoms with van der Waals surface area (Å²) in [6.07, 6.45) is 9.89. The number of hydrogen-bond donors (Lipinski definition) is 1. The summed E-state index contributed by atoms with van der Waals surface area (Å²) in [4.78, 5) is 13.1. The molecule has 0 saturated heterocycles. The lowest BCUT2D eigenvalue weighted by Crippen LogP contribution is -2.15. The topological polar surface area (TPSA) is 46.9 Å². The zero-order valence-electron chi connectivity index (χ0n) is 11.5. The van der Waals surface area contributed by atoms with E-state index in [1.807, 2.05) is 29.0 Å². The van der Waals surface area contributed by atoms with E-state index in [4.69, 9.17) is 0 Å². The highest BCUT2D eigenvalue weighted by Crippen LogP contribution is 2.31. The van der Waals surface area contributed by atoms with Crippen LogP contribution >= 0.6 is 27.3 Å². The molecule has 0 aromatic carbocycles. The molecule has 4 nitrogen and oxygen atoms in total. The van der Waals surface area contributed by atoms with Gasteiger partial charge in [-0.3, -0.25) is 4.79 Å². The van der Waals surface area contributed by atoms with Crippen molar-refractivity contribution in [2.45, 2.75) is 31.7 Å². The van der Waals surface area contributed by atoms with E-state index >= 15 is 0 Å². The minimum absolute atomic E-state index is 0.126. The third-order valence-corrected chi connectivity index (χ3v) is 5.17. The lowest BCUT2D eigenvalue weighted by atomic mass is 10.2. The molecule has 1 aliphatic carbocycles. The van der Waals surface area contributed by atoms with Crippen LogP contribution in [0.25, 0.3) is 6.08 Å². The number of anilines is 1. The Bertz CT molecular complexity index is 655. The molecule has 6 heteroatoms. The number of rotatable bonds is 4. The molecule has 3 rings (SSSR count). The lowest BCUT2D eigenvalue weighted by molar-refractivity contribution is -0.111. The first kappa shape index (κ1) is 14.5. The van der Waals surface area contributed by atoms with Crippen LogP contribution in [0.15, 0.2) is 34.3 Å². The molecule has 2 aromatic rings. The number of carbonyl (C=O) groups excluding carboxylic acids is 1. The number of nitrogens with zero attached hydrogens (tertiary/aromatic N) is 2.